The van der Waals surface area contributed by atoms with Gasteiger partial charge in [-0.15, -0.1) is 0 Å². The van der Waals surface area contributed by atoms with E-state index in [2.05, 4.69) is 30.6 Å². The molecule has 1 unspecified atom stereocenters. The van der Waals surface area contributed by atoms with Crippen molar-refractivity contribution in [3.8, 4) is 0 Å². The first-order chi connectivity index (χ1) is 6.07. The molecule has 0 aromatic carbocycles. The lowest BCUT2D eigenvalue weighted by Crippen LogP contribution is -2.34. The van der Waals surface area contributed by atoms with Gasteiger partial charge in [0.05, 0.1) is 5.25 Å². The molecule has 0 rings (SSSR count). The smallest absolute Gasteiger partial charge is 0.233 e. The van der Waals surface area contributed by atoms with Crippen molar-refractivity contribution in [2.45, 2.75) is 18.1 Å². The van der Waals surface area contributed by atoms with Gasteiger partial charge in [-0.3, -0.25) is 9.59 Å². The molecule has 0 aromatic heterocycles. The Balaban J connectivity index is 3.63. The number of amides is 2. The van der Waals surface area contributed by atoms with Gasteiger partial charge in [-0.1, -0.05) is 0 Å². The highest BCUT2D eigenvalue weighted by Gasteiger charge is 2.15. The highest BCUT2D eigenvalue weighted by molar-refractivity contribution is 7.81. The number of carbonyl (C=O) groups is 2. The lowest BCUT2D eigenvalue weighted by atomic mass is 10.2. The molecule has 0 aromatic rings. The Labute approximate surface area is 88.5 Å². The standard InChI is InChI=1S/C7H14N2O2S2/c8-6(10)4-5(13)7(11)9-2-1-3-12/h5,12-13H,1-4H2,(H2,8,10)(H,9,11). The number of nitrogens with one attached hydrogen (secondary N) is 1. The van der Waals surface area contributed by atoms with Crippen LogP contribution in [-0.2, 0) is 9.59 Å². The zero-order chi connectivity index (χ0) is 10.3. The molecule has 13 heavy (non-hydrogen) atoms. The van der Waals surface area contributed by atoms with E-state index in [1.807, 2.05) is 0 Å². The van der Waals surface area contributed by atoms with Crippen molar-refractivity contribution in [3.63, 3.8) is 0 Å². The largest absolute Gasteiger partial charge is 0.370 e. The van der Waals surface area contributed by atoms with Crippen molar-refractivity contribution in [2.24, 2.45) is 5.73 Å². The van der Waals surface area contributed by atoms with Gasteiger partial charge in [-0.25, -0.2) is 0 Å². The summed E-state index contributed by atoms with van der Waals surface area (Å²) in [4.78, 5) is 21.6. The van der Waals surface area contributed by atoms with Crippen LogP contribution in [0.4, 0.5) is 0 Å². The molecular formula is C7H14N2O2S2. The van der Waals surface area contributed by atoms with Crippen molar-refractivity contribution in [1.82, 2.24) is 5.32 Å². The first-order valence-electron chi connectivity index (χ1n) is 3.93. The summed E-state index contributed by atoms with van der Waals surface area (Å²) in [6.45, 7) is 0.554. The Morgan fingerprint density at radius 2 is 2.08 bits per heavy atom. The van der Waals surface area contributed by atoms with Gasteiger partial charge in [0.25, 0.3) is 0 Å². The fourth-order valence-electron chi connectivity index (χ4n) is 0.692. The van der Waals surface area contributed by atoms with E-state index in [1.54, 1.807) is 0 Å². The minimum Gasteiger partial charge on any atom is -0.370 e. The number of carbonyl (C=O) groups excluding carboxylic acids is 2. The maximum Gasteiger partial charge on any atom is 0.233 e. The van der Waals surface area contributed by atoms with E-state index in [-0.39, 0.29) is 12.3 Å². The van der Waals surface area contributed by atoms with Crippen LogP contribution >= 0.6 is 25.3 Å². The van der Waals surface area contributed by atoms with E-state index in [0.717, 1.165) is 6.42 Å². The maximum absolute atomic E-state index is 11.1. The van der Waals surface area contributed by atoms with Crippen molar-refractivity contribution in [3.05, 3.63) is 0 Å². The molecule has 2 amide bonds. The maximum atomic E-state index is 11.1. The van der Waals surface area contributed by atoms with Gasteiger partial charge in [0, 0.05) is 13.0 Å². The first kappa shape index (κ1) is 12.6. The number of rotatable bonds is 6. The van der Waals surface area contributed by atoms with E-state index >= 15 is 0 Å². The first-order valence-corrected chi connectivity index (χ1v) is 5.07. The second kappa shape index (κ2) is 7.08. The minimum atomic E-state index is -0.641. The SMILES string of the molecule is NC(=O)CC(S)C(=O)NCCCS. The van der Waals surface area contributed by atoms with E-state index in [4.69, 9.17) is 5.73 Å². The predicted molar refractivity (Wildman–Crippen MR) is 58.1 cm³/mol. The molecule has 0 saturated heterocycles. The number of hydrogen-bond acceptors (Lipinski definition) is 4. The molecule has 6 heteroatoms. The monoisotopic (exact) mass is 222 g/mol. The third kappa shape index (κ3) is 6.77. The predicted octanol–water partition coefficient (Wildman–Crippen LogP) is -0.404. The highest BCUT2D eigenvalue weighted by Crippen LogP contribution is 2.00. The lowest BCUT2D eigenvalue weighted by molar-refractivity contribution is -0.124. The molecule has 76 valence electrons. The van der Waals surface area contributed by atoms with Crippen molar-refractivity contribution < 1.29 is 9.59 Å². The summed E-state index contributed by atoms with van der Waals surface area (Å²) < 4.78 is 0. The Morgan fingerprint density at radius 1 is 1.46 bits per heavy atom. The average Bonchev–Trinajstić information content (AvgIpc) is 2.03. The summed E-state index contributed by atoms with van der Waals surface area (Å²) >= 11 is 7.92. The summed E-state index contributed by atoms with van der Waals surface area (Å²) in [6.07, 6.45) is 0.766. The zero-order valence-corrected chi connectivity index (χ0v) is 8.98. The van der Waals surface area contributed by atoms with Gasteiger partial charge in [-0.2, -0.15) is 25.3 Å². The lowest BCUT2D eigenvalue weighted by Gasteiger charge is -2.08. The van der Waals surface area contributed by atoms with Crippen LogP contribution in [0.15, 0.2) is 0 Å². The van der Waals surface area contributed by atoms with Gasteiger partial charge < -0.3 is 11.1 Å². The van der Waals surface area contributed by atoms with E-state index in [0.29, 0.717) is 12.3 Å². The van der Waals surface area contributed by atoms with Crippen LogP contribution in [0.1, 0.15) is 12.8 Å². The molecule has 0 fully saturated rings. The van der Waals surface area contributed by atoms with Gasteiger partial charge in [0.2, 0.25) is 11.8 Å². The van der Waals surface area contributed by atoms with Crippen LogP contribution < -0.4 is 11.1 Å². The Bertz CT molecular complexity index is 187. The van der Waals surface area contributed by atoms with E-state index in [9.17, 15) is 9.59 Å². The number of thiol groups is 2. The van der Waals surface area contributed by atoms with Gasteiger partial charge in [0.1, 0.15) is 0 Å². The van der Waals surface area contributed by atoms with Gasteiger partial charge >= 0.3 is 0 Å². The molecule has 0 radical (unpaired) electrons. The van der Waals surface area contributed by atoms with Crippen LogP contribution in [0.25, 0.3) is 0 Å². The van der Waals surface area contributed by atoms with Gasteiger partial charge in [-0.05, 0) is 12.2 Å². The van der Waals surface area contributed by atoms with Crippen LogP contribution in [0.2, 0.25) is 0 Å². The third-order valence-corrected chi connectivity index (χ3v) is 2.06. The topological polar surface area (TPSA) is 72.2 Å². The molecule has 1 atom stereocenters. The summed E-state index contributed by atoms with van der Waals surface area (Å²) in [5.41, 5.74) is 4.91. The molecule has 0 spiro atoms. The third-order valence-electron chi connectivity index (χ3n) is 1.33. The zero-order valence-electron chi connectivity index (χ0n) is 7.19. The normalized spacial score (nSPS) is 12.2. The fourth-order valence-corrected chi connectivity index (χ4v) is 1.12. The molecule has 0 heterocycles. The molecule has 0 aliphatic rings. The van der Waals surface area contributed by atoms with Crippen LogP contribution in [-0.4, -0.2) is 29.4 Å². The van der Waals surface area contributed by atoms with Crippen molar-refractivity contribution >= 4 is 37.1 Å². The van der Waals surface area contributed by atoms with Crippen LogP contribution in [0.5, 0.6) is 0 Å². The Kier molecular flexibility index (Phi) is 6.89. The molecular weight excluding hydrogens is 208 g/mol. The fraction of sp³-hybridized carbons (Fsp3) is 0.714. The van der Waals surface area contributed by atoms with E-state index in [1.165, 1.54) is 0 Å². The summed E-state index contributed by atoms with van der Waals surface area (Å²) in [6, 6.07) is 0. The molecule has 0 aliphatic heterocycles. The highest BCUT2D eigenvalue weighted by atomic mass is 32.1. The molecule has 0 saturated carbocycles. The molecule has 4 nitrogen and oxygen atoms in total. The molecule has 0 bridgehead atoms. The van der Waals surface area contributed by atoms with Crippen molar-refractivity contribution in [2.75, 3.05) is 12.3 Å². The molecule has 3 N–H and O–H groups in total. The van der Waals surface area contributed by atoms with Crippen LogP contribution in [0, 0.1) is 0 Å². The van der Waals surface area contributed by atoms with Crippen molar-refractivity contribution in [1.29, 1.82) is 0 Å². The number of hydrogen-bond donors (Lipinski definition) is 4. The molecule has 0 aliphatic carbocycles. The second-order valence-corrected chi connectivity index (χ2v) is 3.62. The second-order valence-electron chi connectivity index (χ2n) is 2.55. The van der Waals surface area contributed by atoms with Crippen LogP contribution in [0.3, 0.4) is 0 Å². The average molecular weight is 222 g/mol. The van der Waals surface area contributed by atoms with E-state index < -0.39 is 11.2 Å². The summed E-state index contributed by atoms with van der Waals surface area (Å²) in [7, 11) is 0. The summed E-state index contributed by atoms with van der Waals surface area (Å²) in [5.74, 6) is -0.0684. The number of primary amides is 1. The van der Waals surface area contributed by atoms with Gasteiger partial charge in [0.15, 0.2) is 0 Å². The Morgan fingerprint density at radius 3 is 2.54 bits per heavy atom. The minimum absolute atomic E-state index is 0.0319. The Hall–Kier alpha value is -0.360. The summed E-state index contributed by atoms with van der Waals surface area (Å²) in [5, 5.41) is 1.98. The quantitative estimate of drug-likeness (QED) is 0.365. The number of nitrogens with two attached hydrogens (primary N) is 1.